The highest BCUT2D eigenvalue weighted by Crippen LogP contribution is 2.20. The Labute approximate surface area is 137 Å². The molecule has 0 radical (unpaired) electrons. The number of hydrogen-bond donors (Lipinski definition) is 0. The molecule has 0 unspecified atom stereocenters. The molecular formula is C15H23N5O2S. The van der Waals surface area contributed by atoms with E-state index in [0.29, 0.717) is 5.82 Å². The lowest BCUT2D eigenvalue weighted by molar-refractivity contribution is 0.321. The van der Waals surface area contributed by atoms with Crippen LogP contribution < -0.4 is 0 Å². The van der Waals surface area contributed by atoms with Crippen LogP contribution in [0.2, 0.25) is 0 Å². The minimum Gasteiger partial charge on any atom is -0.223 e. The SMILES string of the molecule is Cc1ccc(S(=O)(=O)N(C)Cc2nnnn2C(C)(C)C)cc1C. The van der Waals surface area contributed by atoms with Gasteiger partial charge in [0.25, 0.3) is 0 Å². The molecule has 0 aliphatic heterocycles. The average molecular weight is 337 g/mol. The number of aryl methyl sites for hydroxylation is 2. The maximum absolute atomic E-state index is 12.7. The highest BCUT2D eigenvalue weighted by Gasteiger charge is 2.26. The summed E-state index contributed by atoms with van der Waals surface area (Å²) in [6.07, 6.45) is 0. The fraction of sp³-hybridized carbons (Fsp3) is 0.533. The molecule has 2 rings (SSSR count). The van der Waals surface area contributed by atoms with E-state index < -0.39 is 10.0 Å². The molecule has 0 saturated carbocycles. The Morgan fingerprint density at radius 3 is 2.39 bits per heavy atom. The molecule has 7 nitrogen and oxygen atoms in total. The molecule has 8 heteroatoms. The Morgan fingerprint density at radius 2 is 1.83 bits per heavy atom. The second kappa shape index (κ2) is 6.01. The highest BCUT2D eigenvalue weighted by molar-refractivity contribution is 7.89. The van der Waals surface area contributed by atoms with Gasteiger partial charge >= 0.3 is 0 Å². The normalized spacial score (nSPS) is 12.8. The van der Waals surface area contributed by atoms with Crippen molar-refractivity contribution in [1.82, 2.24) is 24.5 Å². The van der Waals surface area contributed by atoms with Gasteiger partial charge in [0.15, 0.2) is 5.82 Å². The molecule has 0 aliphatic carbocycles. The van der Waals surface area contributed by atoms with Crippen LogP contribution >= 0.6 is 0 Å². The molecule has 126 valence electrons. The number of rotatable bonds is 4. The molecule has 1 aromatic heterocycles. The Balaban J connectivity index is 2.31. The van der Waals surface area contributed by atoms with Crippen LogP contribution in [0.25, 0.3) is 0 Å². The minimum atomic E-state index is -3.59. The van der Waals surface area contributed by atoms with E-state index in [1.54, 1.807) is 16.8 Å². The Kier molecular flexibility index (Phi) is 4.59. The predicted molar refractivity (Wildman–Crippen MR) is 87.4 cm³/mol. The zero-order chi connectivity index (χ0) is 17.4. The van der Waals surface area contributed by atoms with Crippen LogP contribution in [0.15, 0.2) is 23.1 Å². The van der Waals surface area contributed by atoms with Gasteiger partial charge in [0, 0.05) is 7.05 Å². The number of nitrogens with zero attached hydrogens (tertiary/aromatic N) is 5. The van der Waals surface area contributed by atoms with Crippen molar-refractivity contribution >= 4 is 10.0 Å². The first-order valence-electron chi connectivity index (χ1n) is 7.35. The van der Waals surface area contributed by atoms with Crippen molar-refractivity contribution in [3.05, 3.63) is 35.2 Å². The molecule has 0 fully saturated rings. The van der Waals surface area contributed by atoms with Gasteiger partial charge < -0.3 is 0 Å². The van der Waals surface area contributed by atoms with Crippen LogP contribution in [-0.2, 0) is 22.1 Å². The molecule has 0 atom stereocenters. The maximum Gasteiger partial charge on any atom is 0.243 e. The number of benzene rings is 1. The van der Waals surface area contributed by atoms with Gasteiger partial charge in [0.1, 0.15) is 0 Å². The molecular weight excluding hydrogens is 314 g/mol. The average Bonchev–Trinajstić information content (AvgIpc) is 2.89. The van der Waals surface area contributed by atoms with Crippen molar-refractivity contribution in [3.63, 3.8) is 0 Å². The quantitative estimate of drug-likeness (QED) is 0.851. The van der Waals surface area contributed by atoms with Crippen LogP contribution in [0.4, 0.5) is 0 Å². The van der Waals surface area contributed by atoms with Crippen LogP contribution in [0.5, 0.6) is 0 Å². The summed E-state index contributed by atoms with van der Waals surface area (Å²) in [5, 5.41) is 11.6. The van der Waals surface area contributed by atoms with Gasteiger partial charge in [0.05, 0.1) is 17.0 Å². The van der Waals surface area contributed by atoms with E-state index in [9.17, 15) is 8.42 Å². The van der Waals surface area contributed by atoms with Crippen molar-refractivity contribution in [1.29, 1.82) is 0 Å². The molecule has 1 aromatic carbocycles. The van der Waals surface area contributed by atoms with Gasteiger partial charge in [-0.2, -0.15) is 4.31 Å². The Morgan fingerprint density at radius 1 is 1.17 bits per heavy atom. The van der Waals surface area contributed by atoms with Gasteiger partial charge in [-0.3, -0.25) is 0 Å². The zero-order valence-electron chi connectivity index (χ0n) is 14.4. The summed E-state index contributed by atoms with van der Waals surface area (Å²) < 4.78 is 28.4. The van der Waals surface area contributed by atoms with Crippen LogP contribution in [0.3, 0.4) is 0 Å². The van der Waals surface area contributed by atoms with Crippen molar-refractivity contribution in [3.8, 4) is 0 Å². The molecule has 0 N–H and O–H groups in total. The van der Waals surface area contributed by atoms with Crippen molar-refractivity contribution < 1.29 is 8.42 Å². The Bertz CT molecular complexity index is 806. The third kappa shape index (κ3) is 3.59. The van der Waals surface area contributed by atoms with Crippen LogP contribution in [-0.4, -0.2) is 40.0 Å². The summed E-state index contributed by atoms with van der Waals surface area (Å²) in [4.78, 5) is 0.276. The topological polar surface area (TPSA) is 81.0 Å². The third-order valence-electron chi connectivity index (χ3n) is 3.72. The largest absolute Gasteiger partial charge is 0.243 e. The third-order valence-corrected chi connectivity index (χ3v) is 5.52. The monoisotopic (exact) mass is 337 g/mol. The maximum atomic E-state index is 12.7. The zero-order valence-corrected chi connectivity index (χ0v) is 15.2. The second-order valence-electron chi connectivity index (χ2n) is 6.68. The summed E-state index contributed by atoms with van der Waals surface area (Å²) in [7, 11) is -2.06. The second-order valence-corrected chi connectivity index (χ2v) is 8.73. The molecule has 23 heavy (non-hydrogen) atoms. The van der Waals surface area contributed by atoms with E-state index in [-0.39, 0.29) is 17.0 Å². The standard InChI is InChI=1S/C15H23N5O2S/c1-11-7-8-13(9-12(11)2)23(21,22)19(6)10-14-16-17-18-20(14)15(3,4)5/h7-9H,10H2,1-6H3. The number of sulfonamides is 1. The van der Waals surface area contributed by atoms with Gasteiger partial charge in [-0.05, 0) is 68.3 Å². The number of hydrogen-bond acceptors (Lipinski definition) is 5. The smallest absolute Gasteiger partial charge is 0.223 e. The summed E-state index contributed by atoms with van der Waals surface area (Å²) in [5.74, 6) is 0.507. The molecule has 1 heterocycles. The summed E-state index contributed by atoms with van der Waals surface area (Å²) in [5.41, 5.74) is 1.69. The molecule has 0 bridgehead atoms. The molecule has 0 saturated heterocycles. The first-order chi connectivity index (χ1) is 10.5. The van der Waals surface area contributed by atoms with Crippen molar-refractivity contribution in [2.75, 3.05) is 7.05 Å². The van der Waals surface area contributed by atoms with Crippen molar-refractivity contribution in [2.45, 2.75) is 51.6 Å². The molecule has 0 amide bonds. The van der Waals surface area contributed by atoms with Gasteiger partial charge in [0.2, 0.25) is 10.0 Å². The lowest BCUT2D eigenvalue weighted by Gasteiger charge is -2.22. The summed E-state index contributed by atoms with van der Waals surface area (Å²) in [6.45, 7) is 9.85. The molecule has 2 aromatic rings. The van der Waals surface area contributed by atoms with E-state index in [0.717, 1.165) is 11.1 Å². The van der Waals surface area contributed by atoms with Crippen LogP contribution in [0, 0.1) is 13.8 Å². The fourth-order valence-corrected chi connectivity index (χ4v) is 3.38. The molecule has 0 aliphatic rings. The first kappa shape index (κ1) is 17.6. The lowest BCUT2D eigenvalue weighted by atomic mass is 10.1. The van der Waals surface area contributed by atoms with E-state index >= 15 is 0 Å². The van der Waals surface area contributed by atoms with E-state index in [2.05, 4.69) is 15.5 Å². The summed E-state index contributed by atoms with van der Waals surface area (Å²) >= 11 is 0. The fourth-order valence-electron chi connectivity index (χ4n) is 2.16. The predicted octanol–water partition coefficient (Wildman–Crippen LogP) is 1.87. The van der Waals surface area contributed by atoms with Gasteiger partial charge in [-0.15, -0.1) is 5.10 Å². The van der Waals surface area contributed by atoms with E-state index in [4.69, 9.17) is 0 Å². The highest BCUT2D eigenvalue weighted by atomic mass is 32.2. The Hall–Kier alpha value is -1.80. The van der Waals surface area contributed by atoms with E-state index in [1.165, 1.54) is 11.4 Å². The van der Waals surface area contributed by atoms with E-state index in [1.807, 2.05) is 40.7 Å². The minimum absolute atomic E-state index is 0.111. The first-order valence-corrected chi connectivity index (χ1v) is 8.79. The van der Waals surface area contributed by atoms with Gasteiger partial charge in [-0.1, -0.05) is 6.07 Å². The van der Waals surface area contributed by atoms with Gasteiger partial charge in [-0.25, -0.2) is 13.1 Å². The van der Waals surface area contributed by atoms with Crippen LogP contribution in [0.1, 0.15) is 37.7 Å². The number of aromatic nitrogens is 4. The number of tetrazole rings is 1. The summed E-state index contributed by atoms with van der Waals surface area (Å²) in [6, 6.07) is 5.13. The van der Waals surface area contributed by atoms with Crippen molar-refractivity contribution in [2.24, 2.45) is 0 Å². The lowest BCUT2D eigenvalue weighted by Crippen LogP contribution is -2.32. The molecule has 0 spiro atoms.